The number of rotatable bonds is 7. The standard InChI is InChI=1S/C29H29F4N5O3/c1-38-12-9-17(10-13-38)22-6-4-19(14-23(22)29(31,32)33)35-28(40)36-20-5-7-25(24(30)15-20)41-21-8-11-34-26(16-21)37-27(39)18-2-3-18/h4-8,11,14-18H,2-3,9-10,12-13H2,1H3,(H,34,37,39)(H2,35,36,40). The number of nitrogens with zero attached hydrogens (tertiary/aromatic N) is 2. The topological polar surface area (TPSA) is 95.6 Å². The number of aromatic nitrogens is 1. The van der Waals surface area contributed by atoms with Crippen LogP contribution in [0, 0.1) is 11.7 Å². The van der Waals surface area contributed by atoms with Crippen molar-refractivity contribution < 1.29 is 31.9 Å². The molecule has 1 aliphatic heterocycles. The van der Waals surface area contributed by atoms with Gasteiger partial charge in [-0.25, -0.2) is 14.2 Å². The van der Waals surface area contributed by atoms with Gasteiger partial charge in [0.05, 0.1) is 5.56 Å². The lowest BCUT2D eigenvalue weighted by Crippen LogP contribution is -2.30. The number of urea groups is 1. The summed E-state index contributed by atoms with van der Waals surface area (Å²) >= 11 is 0. The van der Waals surface area contributed by atoms with E-state index in [4.69, 9.17) is 4.74 Å². The third-order valence-corrected chi connectivity index (χ3v) is 7.12. The van der Waals surface area contributed by atoms with E-state index >= 15 is 0 Å². The number of hydrogen-bond donors (Lipinski definition) is 3. The molecule has 1 aliphatic carbocycles. The van der Waals surface area contributed by atoms with E-state index in [1.165, 1.54) is 42.6 Å². The fourth-order valence-electron chi connectivity index (χ4n) is 4.75. The lowest BCUT2D eigenvalue weighted by molar-refractivity contribution is -0.138. The zero-order valence-electron chi connectivity index (χ0n) is 22.2. The van der Waals surface area contributed by atoms with Gasteiger partial charge in [0, 0.05) is 35.6 Å². The fourth-order valence-corrected chi connectivity index (χ4v) is 4.75. The van der Waals surface area contributed by atoms with Gasteiger partial charge in [0.2, 0.25) is 5.91 Å². The molecule has 0 radical (unpaired) electrons. The summed E-state index contributed by atoms with van der Waals surface area (Å²) in [7, 11) is 1.94. The Hall–Kier alpha value is -4.19. The second kappa shape index (κ2) is 11.7. The van der Waals surface area contributed by atoms with Crippen molar-refractivity contribution in [2.45, 2.75) is 37.8 Å². The molecule has 3 N–H and O–H groups in total. The first kappa shape index (κ1) is 28.3. The Morgan fingerprint density at radius 3 is 2.27 bits per heavy atom. The number of carbonyl (C=O) groups is 2. The highest BCUT2D eigenvalue weighted by Crippen LogP contribution is 2.40. The molecule has 216 valence electrons. The molecular formula is C29H29F4N5O3. The quantitative estimate of drug-likeness (QED) is 0.270. The van der Waals surface area contributed by atoms with Crippen LogP contribution in [0.25, 0.3) is 0 Å². The van der Waals surface area contributed by atoms with Crippen molar-refractivity contribution in [3.8, 4) is 11.5 Å². The van der Waals surface area contributed by atoms with Crippen LogP contribution in [0.15, 0.2) is 54.7 Å². The number of alkyl halides is 3. The van der Waals surface area contributed by atoms with Gasteiger partial charge < -0.3 is 25.6 Å². The molecule has 12 heteroatoms. The van der Waals surface area contributed by atoms with Gasteiger partial charge >= 0.3 is 12.2 Å². The lowest BCUT2D eigenvalue weighted by Gasteiger charge is -2.31. The molecule has 3 amide bonds. The first-order chi connectivity index (χ1) is 19.5. The maximum Gasteiger partial charge on any atom is 0.416 e. The first-order valence-corrected chi connectivity index (χ1v) is 13.3. The molecule has 2 aliphatic rings. The van der Waals surface area contributed by atoms with Crippen molar-refractivity contribution in [3.63, 3.8) is 0 Å². The average molecular weight is 572 g/mol. The van der Waals surface area contributed by atoms with Gasteiger partial charge in [-0.05, 0) is 87.6 Å². The van der Waals surface area contributed by atoms with E-state index < -0.39 is 23.6 Å². The molecule has 2 fully saturated rings. The lowest BCUT2D eigenvalue weighted by atomic mass is 9.86. The fraction of sp³-hybridized carbons (Fsp3) is 0.345. The van der Waals surface area contributed by atoms with Crippen LogP contribution in [0.1, 0.15) is 42.7 Å². The minimum atomic E-state index is -4.58. The predicted molar refractivity (Wildman–Crippen MR) is 146 cm³/mol. The molecule has 1 saturated heterocycles. The molecule has 2 aromatic carbocycles. The number of carbonyl (C=O) groups excluding carboxylic acids is 2. The summed E-state index contributed by atoms with van der Waals surface area (Å²) < 4.78 is 62.0. The maximum atomic E-state index is 14.8. The number of pyridine rings is 1. The van der Waals surface area contributed by atoms with Gasteiger partial charge in [-0.1, -0.05) is 6.07 Å². The van der Waals surface area contributed by atoms with Gasteiger partial charge in [0.1, 0.15) is 11.6 Å². The van der Waals surface area contributed by atoms with Crippen molar-refractivity contribution in [3.05, 3.63) is 71.7 Å². The van der Waals surface area contributed by atoms with Gasteiger partial charge in [0.25, 0.3) is 0 Å². The number of likely N-dealkylation sites (tertiary alicyclic amines) is 1. The van der Waals surface area contributed by atoms with Crippen LogP contribution >= 0.6 is 0 Å². The number of benzene rings is 2. The van der Waals surface area contributed by atoms with Crippen LogP contribution in [0.4, 0.5) is 39.5 Å². The van der Waals surface area contributed by atoms with Gasteiger partial charge in [-0.2, -0.15) is 13.2 Å². The van der Waals surface area contributed by atoms with Crippen molar-refractivity contribution in [2.75, 3.05) is 36.1 Å². The summed E-state index contributed by atoms with van der Waals surface area (Å²) in [4.78, 5) is 30.6. The summed E-state index contributed by atoms with van der Waals surface area (Å²) in [5.41, 5.74) is -0.516. The minimum Gasteiger partial charge on any atom is -0.454 e. The molecule has 0 bridgehead atoms. The molecule has 0 atom stereocenters. The third-order valence-electron chi connectivity index (χ3n) is 7.12. The second-order valence-corrected chi connectivity index (χ2v) is 10.3. The minimum absolute atomic E-state index is 0.00816. The van der Waals surface area contributed by atoms with Crippen molar-refractivity contribution >= 4 is 29.1 Å². The van der Waals surface area contributed by atoms with Crippen LogP contribution in [0.3, 0.4) is 0 Å². The van der Waals surface area contributed by atoms with E-state index in [2.05, 4.69) is 25.8 Å². The van der Waals surface area contributed by atoms with Crippen LogP contribution in [0.5, 0.6) is 11.5 Å². The summed E-state index contributed by atoms with van der Waals surface area (Å²) in [6.07, 6.45) is -0.240. The van der Waals surface area contributed by atoms with Crippen LogP contribution in [-0.2, 0) is 11.0 Å². The average Bonchev–Trinajstić information content (AvgIpc) is 3.76. The summed E-state index contributed by atoms with van der Waals surface area (Å²) in [5.74, 6) is -0.750. The monoisotopic (exact) mass is 571 g/mol. The van der Waals surface area contributed by atoms with E-state index in [0.29, 0.717) is 25.9 Å². The summed E-state index contributed by atoms with van der Waals surface area (Å²) in [6.45, 7) is 1.43. The van der Waals surface area contributed by atoms with Crippen LogP contribution in [-0.4, -0.2) is 42.0 Å². The van der Waals surface area contributed by atoms with Crippen molar-refractivity contribution in [1.29, 1.82) is 0 Å². The van der Waals surface area contributed by atoms with Crippen molar-refractivity contribution in [1.82, 2.24) is 9.88 Å². The van der Waals surface area contributed by atoms with Crippen molar-refractivity contribution in [2.24, 2.45) is 5.92 Å². The molecule has 8 nitrogen and oxygen atoms in total. The summed E-state index contributed by atoms with van der Waals surface area (Å²) in [5, 5.41) is 7.50. The highest BCUT2D eigenvalue weighted by Gasteiger charge is 2.36. The molecular weight excluding hydrogens is 542 g/mol. The van der Waals surface area contributed by atoms with E-state index in [1.807, 2.05) is 7.05 Å². The largest absolute Gasteiger partial charge is 0.454 e. The number of piperidine rings is 1. The normalized spacial score (nSPS) is 16.2. The smallest absolute Gasteiger partial charge is 0.416 e. The molecule has 0 spiro atoms. The molecule has 2 heterocycles. The number of hydrogen-bond acceptors (Lipinski definition) is 5. The van der Waals surface area contributed by atoms with Crippen LogP contribution < -0.4 is 20.7 Å². The Morgan fingerprint density at radius 2 is 1.61 bits per heavy atom. The van der Waals surface area contributed by atoms with Gasteiger partial charge in [0.15, 0.2) is 11.6 Å². The number of nitrogens with one attached hydrogen (secondary N) is 3. The Bertz CT molecular complexity index is 1440. The van der Waals surface area contributed by atoms with E-state index in [-0.39, 0.29) is 52.0 Å². The Kier molecular flexibility index (Phi) is 8.11. The number of halogens is 4. The zero-order chi connectivity index (χ0) is 29.1. The third kappa shape index (κ3) is 7.31. The first-order valence-electron chi connectivity index (χ1n) is 13.3. The van der Waals surface area contributed by atoms with E-state index in [9.17, 15) is 27.2 Å². The summed E-state index contributed by atoms with van der Waals surface area (Å²) in [6, 6.07) is 9.63. The maximum absolute atomic E-state index is 14.8. The number of anilines is 3. The Labute approximate surface area is 234 Å². The van der Waals surface area contributed by atoms with E-state index in [0.717, 1.165) is 25.0 Å². The van der Waals surface area contributed by atoms with Gasteiger partial charge in [-0.3, -0.25) is 4.79 Å². The van der Waals surface area contributed by atoms with Gasteiger partial charge in [-0.15, -0.1) is 0 Å². The number of amides is 3. The highest BCUT2D eigenvalue weighted by atomic mass is 19.4. The Balaban J connectivity index is 1.22. The molecule has 1 aromatic heterocycles. The van der Waals surface area contributed by atoms with Crippen LogP contribution in [0.2, 0.25) is 0 Å². The second-order valence-electron chi connectivity index (χ2n) is 10.3. The molecule has 5 rings (SSSR count). The number of ether oxygens (including phenoxy) is 1. The molecule has 3 aromatic rings. The molecule has 41 heavy (non-hydrogen) atoms. The predicted octanol–water partition coefficient (Wildman–Crippen LogP) is 6.83. The zero-order valence-corrected chi connectivity index (χ0v) is 22.2. The SMILES string of the molecule is CN1CCC(c2ccc(NC(=O)Nc3ccc(Oc4ccnc(NC(=O)C5CC5)c4)c(F)c3)cc2C(F)(F)F)CC1. The molecule has 0 unspecified atom stereocenters. The molecule has 1 saturated carbocycles. The highest BCUT2D eigenvalue weighted by molar-refractivity contribution is 5.99. The Morgan fingerprint density at radius 1 is 0.927 bits per heavy atom. The van der Waals surface area contributed by atoms with E-state index in [1.54, 1.807) is 0 Å².